The molecule has 0 bridgehead atoms. The number of benzene rings is 4. The topological polar surface area (TPSA) is 100 Å². The first-order chi connectivity index (χ1) is 21.5. The van der Waals surface area contributed by atoms with Gasteiger partial charge in [0.15, 0.2) is 0 Å². The Kier molecular flexibility index (Phi) is 10.2. The number of piperazine rings is 1. The van der Waals surface area contributed by atoms with Gasteiger partial charge in [-0.1, -0.05) is 78.9 Å². The minimum atomic E-state index is -0.467. The van der Waals surface area contributed by atoms with Gasteiger partial charge in [0, 0.05) is 37.6 Å². The molecule has 5 rings (SSSR count). The molecule has 9 nitrogen and oxygen atoms in total. The Labute approximate surface area is 257 Å². The molecule has 4 aromatic rings. The molecular weight excluding hydrogens is 556 g/mol. The number of esters is 1. The summed E-state index contributed by atoms with van der Waals surface area (Å²) in [6.07, 6.45) is -0.467. The normalized spacial score (nSPS) is 13.3. The van der Waals surface area contributed by atoms with Crippen molar-refractivity contribution in [1.82, 2.24) is 9.80 Å². The van der Waals surface area contributed by atoms with Crippen molar-refractivity contribution < 1.29 is 23.9 Å². The van der Waals surface area contributed by atoms with E-state index in [1.807, 2.05) is 83.8 Å². The third kappa shape index (κ3) is 8.02. The van der Waals surface area contributed by atoms with E-state index in [0.29, 0.717) is 55.5 Å². The highest BCUT2D eigenvalue weighted by molar-refractivity contribution is 6.02. The van der Waals surface area contributed by atoms with Crippen molar-refractivity contribution in [3.8, 4) is 5.75 Å². The maximum Gasteiger partial charge on any atom is 0.323 e. The Hall–Kier alpha value is -5.15. The molecule has 0 spiro atoms. The molecule has 1 saturated heterocycles. The minimum Gasteiger partial charge on any atom is -0.480 e. The van der Waals surface area contributed by atoms with Crippen LogP contribution in [0.2, 0.25) is 0 Å². The molecule has 3 amide bonds. The Morgan fingerprint density at radius 1 is 0.727 bits per heavy atom. The third-order valence-corrected chi connectivity index (χ3v) is 7.27. The molecule has 44 heavy (non-hydrogen) atoms. The maximum atomic E-state index is 14.0. The zero-order valence-electron chi connectivity index (χ0n) is 24.6. The van der Waals surface area contributed by atoms with Crippen molar-refractivity contribution in [3.63, 3.8) is 0 Å². The average Bonchev–Trinajstić information content (AvgIpc) is 3.05. The van der Waals surface area contributed by atoms with Crippen LogP contribution in [0.4, 0.5) is 16.2 Å². The Bertz CT molecular complexity index is 1500. The van der Waals surface area contributed by atoms with E-state index in [4.69, 9.17) is 9.47 Å². The number of amides is 3. The number of hydrogen-bond acceptors (Lipinski definition) is 6. The van der Waals surface area contributed by atoms with Crippen LogP contribution in [0.15, 0.2) is 109 Å². The first-order valence-electron chi connectivity index (χ1n) is 14.7. The molecule has 1 heterocycles. The summed E-state index contributed by atoms with van der Waals surface area (Å²) >= 11 is 0. The van der Waals surface area contributed by atoms with Crippen molar-refractivity contribution >= 4 is 29.3 Å². The zero-order chi connectivity index (χ0) is 30.7. The highest BCUT2D eigenvalue weighted by Crippen LogP contribution is 2.33. The summed E-state index contributed by atoms with van der Waals surface area (Å²) in [6, 6.07) is 33.5. The number of para-hydroxylation sites is 1. The lowest BCUT2D eigenvalue weighted by Gasteiger charge is -2.34. The quantitative estimate of drug-likeness (QED) is 0.225. The molecule has 4 aromatic carbocycles. The van der Waals surface area contributed by atoms with Crippen LogP contribution >= 0.6 is 0 Å². The molecule has 1 aliphatic rings. The Balaban J connectivity index is 1.41. The molecule has 1 fully saturated rings. The van der Waals surface area contributed by atoms with Gasteiger partial charge >= 0.3 is 12.0 Å². The summed E-state index contributed by atoms with van der Waals surface area (Å²) < 4.78 is 11.7. The number of nitrogens with zero attached hydrogens (tertiary/aromatic N) is 2. The van der Waals surface area contributed by atoms with E-state index in [0.717, 1.165) is 11.1 Å². The summed E-state index contributed by atoms with van der Waals surface area (Å²) in [7, 11) is 0. The number of hydrogen-bond donors (Lipinski definition) is 2. The molecule has 0 unspecified atom stereocenters. The molecule has 0 saturated carbocycles. The number of urea groups is 1. The summed E-state index contributed by atoms with van der Waals surface area (Å²) in [6.45, 7) is 4.25. The van der Waals surface area contributed by atoms with Gasteiger partial charge in [-0.05, 0) is 48.4 Å². The highest BCUT2D eigenvalue weighted by Gasteiger charge is 2.27. The number of carbonyl (C=O) groups is 3. The largest absolute Gasteiger partial charge is 0.480 e. The number of ether oxygens (including phenoxy) is 2. The van der Waals surface area contributed by atoms with Crippen LogP contribution < -0.4 is 15.4 Å². The lowest BCUT2D eigenvalue weighted by molar-refractivity contribution is -0.144. The fraction of sp³-hybridized carbons (Fsp3) is 0.229. The van der Waals surface area contributed by atoms with Gasteiger partial charge < -0.3 is 25.0 Å². The second-order valence-corrected chi connectivity index (χ2v) is 10.3. The van der Waals surface area contributed by atoms with Crippen molar-refractivity contribution in [2.45, 2.75) is 13.0 Å². The van der Waals surface area contributed by atoms with Crippen molar-refractivity contribution in [1.29, 1.82) is 0 Å². The lowest BCUT2D eigenvalue weighted by atomic mass is 10.0. The van der Waals surface area contributed by atoms with Gasteiger partial charge in [-0.2, -0.15) is 0 Å². The van der Waals surface area contributed by atoms with Crippen LogP contribution in [0, 0.1) is 0 Å². The molecule has 226 valence electrons. The second kappa shape index (κ2) is 14.8. The van der Waals surface area contributed by atoms with E-state index in [1.165, 1.54) is 0 Å². The molecule has 0 radical (unpaired) electrons. The highest BCUT2D eigenvalue weighted by atomic mass is 16.5. The second-order valence-electron chi connectivity index (χ2n) is 10.3. The SMILES string of the molecule is CCOC(=O)CN1CCN(C(=O)c2cc(NC(=O)Nc3ccccc3)ccc2OC(c2ccccc2)c2ccccc2)CC1. The summed E-state index contributed by atoms with van der Waals surface area (Å²) in [5.41, 5.74) is 3.31. The summed E-state index contributed by atoms with van der Waals surface area (Å²) in [5.74, 6) is -0.0955. The lowest BCUT2D eigenvalue weighted by Crippen LogP contribution is -2.50. The third-order valence-electron chi connectivity index (χ3n) is 7.27. The van der Waals surface area contributed by atoms with Gasteiger partial charge in [0.1, 0.15) is 11.9 Å². The van der Waals surface area contributed by atoms with Crippen molar-refractivity contribution in [3.05, 3.63) is 126 Å². The maximum absolute atomic E-state index is 14.0. The zero-order valence-corrected chi connectivity index (χ0v) is 24.6. The summed E-state index contributed by atoms with van der Waals surface area (Å²) in [5, 5.41) is 5.64. The average molecular weight is 593 g/mol. The van der Waals surface area contributed by atoms with Gasteiger partial charge in [0.05, 0.1) is 18.7 Å². The standard InChI is InChI=1S/C35H36N4O5/c1-2-43-32(40)25-38-20-22-39(23-21-38)34(41)30-24-29(37-35(42)36-28-16-10-5-11-17-28)18-19-31(30)44-33(26-12-6-3-7-13-26)27-14-8-4-9-15-27/h3-19,24,33H,2,20-23,25H2,1H3,(H2,36,37,42). The van der Waals surface area contributed by atoms with E-state index in [2.05, 4.69) is 10.6 Å². The van der Waals surface area contributed by atoms with E-state index in [1.54, 1.807) is 42.2 Å². The smallest absolute Gasteiger partial charge is 0.323 e. The molecular formula is C35H36N4O5. The van der Waals surface area contributed by atoms with Crippen LogP contribution in [-0.2, 0) is 9.53 Å². The van der Waals surface area contributed by atoms with Crippen molar-refractivity contribution in [2.75, 3.05) is 50.0 Å². The first-order valence-corrected chi connectivity index (χ1v) is 14.7. The first kappa shape index (κ1) is 30.3. The molecule has 0 aliphatic carbocycles. The van der Waals surface area contributed by atoms with Gasteiger partial charge in [-0.3, -0.25) is 14.5 Å². The van der Waals surface area contributed by atoms with E-state index < -0.39 is 12.1 Å². The van der Waals surface area contributed by atoms with Crippen LogP contribution in [0.25, 0.3) is 0 Å². The molecule has 0 atom stereocenters. The van der Waals surface area contributed by atoms with Gasteiger partial charge in [0.2, 0.25) is 0 Å². The molecule has 9 heteroatoms. The van der Waals surface area contributed by atoms with Crippen LogP contribution in [0.1, 0.15) is 34.5 Å². The van der Waals surface area contributed by atoms with Gasteiger partial charge in [-0.25, -0.2) is 4.79 Å². The fourth-order valence-electron chi connectivity index (χ4n) is 5.07. The predicted molar refractivity (Wildman–Crippen MR) is 170 cm³/mol. The van der Waals surface area contributed by atoms with Crippen molar-refractivity contribution in [2.24, 2.45) is 0 Å². The van der Waals surface area contributed by atoms with E-state index in [-0.39, 0.29) is 18.4 Å². The Morgan fingerprint density at radius 3 is 1.89 bits per heavy atom. The van der Waals surface area contributed by atoms with E-state index in [9.17, 15) is 14.4 Å². The number of rotatable bonds is 10. The molecule has 0 aromatic heterocycles. The van der Waals surface area contributed by atoms with Crippen LogP contribution in [0.3, 0.4) is 0 Å². The minimum absolute atomic E-state index is 0.190. The number of anilines is 2. The fourth-order valence-corrected chi connectivity index (χ4v) is 5.07. The number of nitrogens with one attached hydrogen (secondary N) is 2. The molecule has 1 aliphatic heterocycles. The number of carbonyl (C=O) groups excluding carboxylic acids is 3. The molecule has 2 N–H and O–H groups in total. The van der Waals surface area contributed by atoms with Crippen LogP contribution in [0.5, 0.6) is 5.75 Å². The van der Waals surface area contributed by atoms with Gasteiger partial charge in [0.25, 0.3) is 5.91 Å². The van der Waals surface area contributed by atoms with Gasteiger partial charge in [-0.15, -0.1) is 0 Å². The van der Waals surface area contributed by atoms with Crippen LogP contribution in [-0.4, -0.2) is 67.0 Å². The Morgan fingerprint density at radius 2 is 1.30 bits per heavy atom. The van der Waals surface area contributed by atoms with E-state index >= 15 is 0 Å². The summed E-state index contributed by atoms with van der Waals surface area (Å²) in [4.78, 5) is 42.5. The predicted octanol–water partition coefficient (Wildman–Crippen LogP) is 5.82. The monoisotopic (exact) mass is 592 g/mol.